The summed E-state index contributed by atoms with van der Waals surface area (Å²) in [6.07, 6.45) is 1.68. The van der Waals surface area contributed by atoms with Crippen molar-refractivity contribution in [3.05, 3.63) is 63.7 Å². The van der Waals surface area contributed by atoms with E-state index in [1.54, 1.807) is 10.9 Å². The van der Waals surface area contributed by atoms with Crippen LogP contribution in [0.5, 0.6) is 0 Å². The molecule has 3 rings (SSSR count). The molecule has 2 aromatic carbocycles. The molecule has 0 saturated heterocycles. The fourth-order valence-corrected chi connectivity index (χ4v) is 2.86. The predicted molar refractivity (Wildman–Crippen MR) is 90.7 cm³/mol. The Balaban J connectivity index is 1.69. The highest BCUT2D eigenvalue weighted by Crippen LogP contribution is 2.22. The van der Waals surface area contributed by atoms with Gasteiger partial charge in [0.1, 0.15) is 6.54 Å². The lowest BCUT2D eigenvalue weighted by atomic mass is 10.2. The van der Waals surface area contributed by atoms with Crippen LogP contribution in [-0.2, 0) is 17.9 Å². The van der Waals surface area contributed by atoms with Gasteiger partial charge in [-0.3, -0.25) is 9.48 Å². The number of carbonyl (C=O) groups excluding carboxylic acids is 1. The van der Waals surface area contributed by atoms with Gasteiger partial charge >= 0.3 is 0 Å². The lowest BCUT2D eigenvalue weighted by molar-refractivity contribution is -0.121. The Morgan fingerprint density at radius 1 is 1.23 bits per heavy atom. The number of carbonyl (C=O) groups is 1. The first-order valence-corrected chi connectivity index (χ1v) is 7.92. The molecule has 0 aliphatic carbocycles. The summed E-state index contributed by atoms with van der Waals surface area (Å²) in [6.45, 7) is 0.633. The van der Waals surface area contributed by atoms with Gasteiger partial charge in [0, 0.05) is 16.4 Å². The molecule has 0 bridgehead atoms. The second-order valence-electron chi connectivity index (χ2n) is 4.84. The third-order valence-electron chi connectivity index (χ3n) is 3.36. The van der Waals surface area contributed by atoms with E-state index in [9.17, 15) is 4.79 Å². The average Bonchev–Trinajstić information content (AvgIpc) is 2.91. The maximum atomic E-state index is 12.1. The molecule has 22 heavy (non-hydrogen) atoms. The highest BCUT2D eigenvalue weighted by molar-refractivity contribution is 9.10. The van der Waals surface area contributed by atoms with E-state index < -0.39 is 0 Å². The molecule has 1 amide bonds. The fraction of sp³-hybridized carbons (Fsp3) is 0.125. The molecule has 6 heteroatoms. The van der Waals surface area contributed by atoms with E-state index in [4.69, 9.17) is 11.6 Å². The molecule has 3 aromatic rings. The molecule has 1 N–H and O–H groups in total. The van der Waals surface area contributed by atoms with Crippen LogP contribution in [0.15, 0.2) is 53.1 Å². The summed E-state index contributed by atoms with van der Waals surface area (Å²) in [6, 6.07) is 13.3. The van der Waals surface area contributed by atoms with E-state index in [0.717, 1.165) is 20.9 Å². The molecule has 4 nitrogen and oxygen atoms in total. The van der Waals surface area contributed by atoms with Crippen molar-refractivity contribution in [1.29, 1.82) is 0 Å². The number of fused-ring (bicyclic) bond motifs is 1. The second-order valence-corrected chi connectivity index (χ2v) is 6.10. The molecular weight excluding hydrogens is 366 g/mol. The zero-order chi connectivity index (χ0) is 15.5. The summed E-state index contributed by atoms with van der Waals surface area (Å²) in [7, 11) is 0. The zero-order valence-corrected chi connectivity index (χ0v) is 13.9. The summed E-state index contributed by atoms with van der Waals surface area (Å²) in [4.78, 5) is 12.1. The first-order valence-electron chi connectivity index (χ1n) is 6.75. The van der Waals surface area contributed by atoms with E-state index >= 15 is 0 Å². The van der Waals surface area contributed by atoms with Crippen molar-refractivity contribution in [2.45, 2.75) is 13.1 Å². The first-order chi connectivity index (χ1) is 10.6. The maximum Gasteiger partial charge on any atom is 0.242 e. The molecule has 0 spiro atoms. The van der Waals surface area contributed by atoms with Crippen molar-refractivity contribution in [3.8, 4) is 0 Å². The number of benzene rings is 2. The Kier molecular flexibility index (Phi) is 4.45. The number of nitrogens with one attached hydrogen (secondary N) is 1. The van der Waals surface area contributed by atoms with Gasteiger partial charge in [0.2, 0.25) is 5.91 Å². The van der Waals surface area contributed by atoms with Gasteiger partial charge in [-0.25, -0.2) is 0 Å². The molecule has 0 aliphatic heterocycles. The molecule has 0 radical (unpaired) electrons. The molecule has 1 heterocycles. The minimum absolute atomic E-state index is 0.0965. The number of aromatic nitrogens is 2. The third-order valence-corrected chi connectivity index (χ3v) is 4.46. The van der Waals surface area contributed by atoms with Crippen molar-refractivity contribution in [1.82, 2.24) is 15.1 Å². The van der Waals surface area contributed by atoms with Crippen LogP contribution >= 0.6 is 27.5 Å². The Morgan fingerprint density at radius 3 is 2.86 bits per heavy atom. The Morgan fingerprint density at radius 2 is 2.05 bits per heavy atom. The highest BCUT2D eigenvalue weighted by Gasteiger charge is 2.09. The number of nitrogens with zero attached hydrogens (tertiary/aromatic N) is 2. The van der Waals surface area contributed by atoms with E-state index in [2.05, 4.69) is 26.3 Å². The zero-order valence-electron chi connectivity index (χ0n) is 11.6. The van der Waals surface area contributed by atoms with Crippen LogP contribution in [0.2, 0.25) is 5.02 Å². The minimum Gasteiger partial charge on any atom is -0.350 e. The third kappa shape index (κ3) is 3.15. The van der Waals surface area contributed by atoms with Crippen LogP contribution in [0, 0.1) is 0 Å². The van der Waals surface area contributed by atoms with E-state index in [1.165, 1.54) is 0 Å². The van der Waals surface area contributed by atoms with Crippen molar-refractivity contribution < 1.29 is 4.79 Å². The average molecular weight is 379 g/mol. The lowest BCUT2D eigenvalue weighted by Gasteiger charge is -2.08. The molecule has 112 valence electrons. The summed E-state index contributed by atoms with van der Waals surface area (Å²) in [5.41, 5.74) is 1.88. The lowest BCUT2D eigenvalue weighted by Crippen LogP contribution is -2.27. The van der Waals surface area contributed by atoms with Gasteiger partial charge < -0.3 is 5.32 Å². The number of hydrogen-bond acceptors (Lipinski definition) is 2. The minimum atomic E-state index is -0.0965. The number of rotatable bonds is 4. The monoisotopic (exact) mass is 377 g/mol. The molecule has 0 atom stereocenters. The quantitative estimate of drug-likeness (QED) is 0.751. The van der Waals surface area contributed by atoms with Crippen molar-refractivity contribution in [3.63, 3.8) is 0 Å². The fourth-order valence-electron chi connectivity index (χ4n) is 2.22. The van der Waals surface area contributed by atoms with Crippen LogP contribution in [-0.4, -0.2) is 15.7 Å². The predicted octanol–water partition coefficient (Wildman–Crippen LogP) is 3.77. The van der Waals surface area contributed by atoms with Crippen molar-refractivity contribution in [2.24, 2.45) is 0 Å². The smallest absolute Gasteiger partial charge is 0.242 e. The van der Waals surface area contributed by atoms with Crippen LogP contribution < -0.4 is 5.32 Å². The van der Waals surface area contributed by atoms with Gasteiger partial charge in [-0.05, 0) is 23.8 Å². The normalized spacial score (nSPS) is 10.8. The van der Waals surface area contributed by atoms with E-state index in [1.807, 2.05) is 42.5 Å². The molecule has 0 fully saturated rings. The van der Waals surface area contributed by atoms with Crippen LogP contribution in [0.25, 0.3) is 10.9 Å². The van der Waals surface area contributed by atoms with Crippen LogP contribution in [0.3, 0.4) is 0 Å². The van der Waals surface area contributed by atoms with E-state index in [-0.39, 0.29) is 12.5 Å². The number of amides is 1. The van der Waals surface area contributed by atoms with Crippen molar-refractivity contribution >= 4 is 44.3 Å². The Labute approximate surface area is 141 Å². The second kappa shape index (κ2) is 6.50. The molecule has 0 aliphatic rings. The topological polar surface area (TPSA) is 46.9 Å². The first kappa shape index (κ1) is 15.1. The van der Waals surface area contributed by atoms with Gasteiger partial charge in [0.15, 0.2) is 0 Å². The summed E-state index contributed by atoms with van der Waals surface area (Å²) < 4.78 is 2.63. The molecular formula is C16H13BrClN3O. The molecule has 1 aromatic heterocycles. The van der Waals surface area contributed by atoms with Gasteiger partial charge in [0.25, 0.3) is 0 Å². The van der Waals surface area contributed by atoms with Gasteiger partial charge in [-0.1, -0.05) is 51.8 Å². The van der Waals surface area contributed by atoms with Gasteiger partial charge in [0.05, 0.1) is 16.7 Å². The summed E-state index contributed by atoms with van der Waals surface area (Å²) in [5, 5.41) is 8.61. The van der Waals surface area contributed by atoms with Crippen LogP contribution in [0.1, 0.15) is 5.56 Å². The largest absolute Gasteiger partial charge is 0.350 e. The number of hydrogen-bond donors (Lipinski definition) is 1. The van der Waals surface area contributed by atoms with Crippen molar-refractivity contribution in [2.75, 3.05) is 0 Å². The summed E-state index contributed by atoms with van der Waals surface area (Å²) in [5.74, 6) is -0.0965. The summed E-state index contributed by atoms with van der Waals surface area (Å²) >= 11 is 9.57. The maximum absolute atomic E-state index is 12.1. The van der Waals surface area contributed by atoms with Gasteiger partial charge in [-0.15, -0.1) is 0 Å². The Hall–Kier alpha value is -1.85. The van der Waals surface area contributed by atoms with E-state index in [0.29, 0.717) is 11.6 Å². The number of halogens is 2. The van der Waals surface area contributed by atoms with Gasteiger partial charge in [-0.2, -0.15) is 5.10 Å². The molecule has 0 unspecified atom stereocenters. The highest BCUT2D eigenvalue weighted by atomic mass is 79.9. The Bertz CT molecular complexity index is 831. The molecule has 0 saturated carbocycles. The standard InChI is InChI=1S/C16H13BrClN3O/c17-13-5-2-1-4-11(13)8-19-16(22)10-21-15-7-3-6-14(18)12(15)9-20-21/h1-7,9H,8,10H2,(H,19,22). The van der Waals surface area contributed by atoms with Crippen LogP contribution in [0.4, 0.5) is 0 Å². The SMILES string of the molecule is O=C(Cn1ncc2c(Cl)cccc21)NCc1ccccc1Br.